The molecule has 1 aliphatic rings. The maximum Gasteiger partial charge on any atom is 0.223 e. The summed E-state index contributed by atoms with van der Waals surface area (Å²) in [4.78, 5) is 18.2. The van der Waals surface area contributed by atoms with Crippen molar-refractivity contribution in [1.29, 1.82) is 0 Å². The van der Waals surface area contributed by atoms with Crippen molar-refractivity contribution in [3.05, 3.63) is 54.4 Å². The minimum atomic E-state index is 0.0641. The molecule has 2 atom stereocenters. The molecule has 4 nitrogen and oxygen atoms in total. The molecule has 0 spiro atoms. The van der Waals surface area contributed by atoms with Gasteiger partial charge in [-0.25, -0.2) is 0 Å². The van der Waals surface area contributed by atoms with Gasteiger partial charge < -0.3 is 10.2 Å². The molecule has 1 aliphatic heterocycles. The van der Waals surface area contributed by atoms with Crippen LogP contribution >= 0.6 is 0 Å². The lowest BCUT2D eigenvalue weighted by molar-refractivity contribution is -0.116. The zero-order valence-corrected chi connectivity index (χ0v) is 12.3. The van der Waals surface area contributed by atoms with E-state index in [1.165, 1.54) is 0 Å². The molecule has 1 unspecified atom stereocenters. The normalized spacial score (nSPS) is 20.8. The van der Waals surface area contributed by atoms with Crippen LogP contribution in [0.15, 0.2) is 48.7 Å². The number of fused-ring (bicyclic) bond motifs is 1. The lowest BCUT2D eigenvalue weighted by Gasteiger charge is -2.38. The number of hydrogen-bond acceptors (Lipinski definition) is 3. The molecule has 0 fully saturated rings. The van der Waals surface area contributed by atoms with Gasteiger partial charge in [0.1, 0.15) is 0 Å². The summed E-state index contributed by atoms with van der Waals surface area (Å²) in [6.07, 6.45) is 1.79. The summed E-state index contributed by atoms with van der Waals surface area (Å²) in [5, 5.41) is 3.55. The summed E-state index contributed by atoms with van der Waals surface area (Å²) in [5.41, 5.74) is 2.93. The lowest BCUT2D eigenvalue weighted by atomic mass is 9.91. The van der Waals surface area contributed by atoms with Crippen LogP contribution in [-0.2, 0) is 4.79 Å². The van der Waals surface area contributed by atoms with Gasteiger partial charge in [0, 0.05) is 31.3 Å². The molecule has 1 aromatic heterocycles. The number of carbonyl (C=O) groups excluding carboxylic acids is 1. The van der Waals surface area contributed by atoms with Gasteiger partial charge >= 0.3 is 0 Å². The number of nitrogens with one attached hydrogen (secondary N) is 1. The minimum Gasteiger partial charge on any atom is -0.376 e. The number of carbonyl (C=O) groups is 1. The number of para-hydroxylation sites is 1. The number of hydrogen-bond donors (Lipinski definition) is 1. The van der Waals surface area contributed by atoms with Gasteiger partial charge in [0.05, 0.1) is 17.4 Å². The number of rotatable bonds is 2. The number of nitrogens with zero attached hydrogens (tertiary/aromatic N) is 2. The molecule has 1 N–H and O–H groups in total. The molecule has 0 saturated carbocycles. The van der Waals surface area contributed by atoms with Crippen LogP contribution in [0.3, 0.4) is 0 Å². The molecule has 1 aromatic carbocycles. The van der Waals surface area contributed by atoms with Gasteiger partial charge in [0.2, 0.25) is 5.91 Å². The molecule has 4 heteroatoms. The van der Waals surface area contributed by atoms with E-state index in [1.807, 2.05) is 47.4 Å². The van der Waals surface area contributed by atoms with Crippen molar-refractivity contribution < 1.29 is 4.79 Å². The maximum atomic E-state index is 11.8. The van der Waals surface area contributed by atoms with Crippen molar-refractivity contribution in [2.45, 2.75) is 19.9 Å². The van der Waals surface area contributed by atoms with Gasteiger partial charge in [-0.15, -0.1) is 0 Å². The molecule has 2 heterocycles. The molecule has 3 rings (SSSR count). The Morgan fingerprint density at radius 2 is 2.00 bits per heavy atom. The monoisotopic (exact) mass is 281 g/mol. The first-order valence-corrected chi connectivity index (χ1v) is 7.21. The fraction of sp³-hybridized carbons (Fsp3) is 0.294. The van der Waals surface area contributed by atoms with Gasteiger partial charge in [-0.05, 0) is 24.3 Å². The average Bonchev–Trinajstić information content (AvgIpc) is 2.50. The third-order valence-corrected chi connectivity index (χ3v) is 3.92. The molecular weight excluding hydrogens is 262 g/mol. The Hall–Kier alpha value is -2.36. The van der Waals surface area contributed by atoms with Crippen LogP contribution in [-0.4, -0.2) is 17.4 Å². The van der Waals surface area contributed by atoms with E-state index in [0.717, 1.165) is 17.1 Å². The van der Waals surface area contributed by atoms with Gasteiger partial charge in [-0.2, -0.15) is 0 Å². The number of aromatic nitrogens is 1. The zero-order valence-electron chi connectivity index (χ0n) is 12.3. The van der Waals surface area contributed by atoms with Crippen molar-refractivity contribution in [1.82, 2.24) is 4.98 Å². The third kappa shape index (κ3) is 2.61. The number of amides is 1. The van der Waals surface area contributed by atoms with Crippen molar-refractivity contribution in [2.24, 2.45) is 5.92 Å². The van der Waals surface area contributed by atoms with E-state index in [0.29, 0.717) is 6.54 Å². The van der Waals surface area contributed by atoms with E-state index in [4.69, 9.17) is 0 Å². The van der Waals surface area contributed by atoms with Crippen LogP contribution in [0, 0.1) is 5.92 Å². The van der Waals surface area contributed by atoms with Crippen molar-refractivity contribution in [3.63, 3.8) is 0 Å². The third-order valence-electron chi connectivity index (χ3n) is 3.92. The second-order valence-corrected chi connectivity index (χ2v) is 5.50. The highest BCUT2D eigenvalue weighted by molar-refractivity contribution is 5.92. The molecule has 0 radical (unpaired) electrons. The highest BCUT2D eigenvalue weighted by atomic mass is 16.2. The van der Waals surface area contributed by atoms with E-state index >= 15 is 0 Å². The second kappa shape index (κ2) is 5.56. The molecule has 21 heavy (non-hydrogen) atoms. The second-order valence-electron chi connectivity index (χ2n) is 5.50. The molecule has 108 valence electrons. The van der Waals surface area contributed by atoms with Crippen LogP contribution < -0.4 is 10.2 Å². The Morgan fingerprint density at radius 1 is 1.24 bits per heavy atom. The summed E-state index contributed by atoms with van der Waals surface area (Å²) < 4.78 is 0. The first kappa shape index (κ1) is 13.6. The Kier molecular flexibility index (Phi) is 3.60. The first-order valence-electron chi connectivity index (χ1n) is 7.21. The topological polar surface area (TPSA) is 45.2 Å². The van der Waals surface area contributed by atoms with E-state index in [1.54, 1.807) is 13.1 Å². The Morgan fingerprint density at radius 3 is 2.71 bits per heavy atom. The quantitative estimate of drug-likeness (QED) is 0.919. The van der Waals surface area contributed by atoms with Crippen LogP contribution in [0.1, 0.15) is 25.6 Å². The molecule has 2 aromatic rings. The largest absolute Gasteiger partial charge is 0.376 e. The first-order chi connectivity index (χ1) is 10.2. The van der Waals surface area contributed by atoms with Gasteiger partial charge in [-0.1, -0.05) is 25.1 Å². The fourth-order valence-corrected chi connectivity index (χ4v) is 2.86. The SMILES string of the molecule is CC(=O)N1CC(C)[C@@H](Nc2ccccc2)c2ncccc21. The molecule has 0 aliphatic carbocycles. The smallest absolute Gasteiger partial charge is 0.223 e. The molecule has 1 amide bonds. The van der Waals surface area contributed by atoms with Crippen LogP contribution in [0.4, 0.5) is 11.4 Å². The van der Waals surface area contributed by atoms with Crippen molar-refractivity contribution in [3.8, 4) is 0 Å². The predicted molar refractivity (Wildman–Crippen MR) is 84.2 cm³/mol. The van der Waals surface area contributed by atoms with Crippen LogP contribution in [0.5, 0.6) is 0 Å². The van der Waals surface area contributed by atoms with Crippen molar-refractivity contribution in [2.75, 3.05) is 16.8 Å². The summed E-state index contributed by atoms with van der Waals surface area (Å²) >= 11 is 0. The fourth-order valence-electron chi connectivity index (χ4n) is 2.86. The van der Waals surface area contributed by atoms with E-state index in [2.05, 4.69) is 17.2 Å². The summed E-state index contributed by atoms with van der Waals surface area (Å²) in [5.74, 6) is 0.353. The maximum absolute atomic E-state index is 11.8. The predicted octanol–water partition coefficient (Wildman–Crippen LogP) is 3.24. The van der Waals surface area contributed by atoms with Gasteiger partial charge in [0.15, 0.2) is 0 Å². The molecular formula is C17H19N3O. The molecule has 0 saturated heterocycles. The Balaban J connectivity index is 1.97. The van der Waals surface area contributed by atoms with E-state index in [-0.39, 0.29) is 17.9 Å². The zero-order chi connectivity index (χ0) is 14.8. The van der Waals surface area contributed by atoms with Crippen LogP contribution in [0.25, 0.3) is 0 Å². The standard InChI is InChI=1S/C17H19N3O/c1-12-11-20(13(2)21)15-9-6-10-18-17(15)16(12)19-14-7-4-3-5-8-14/h3-10,12,16,19H,11H2,1-2H3/t12?,16-/m1/s1. The number of pyridine rings is 1. The Labute approximate surface area is 124 Å². The van der Waals surface area contributed by atoms with E-state index in [9.17, 15) is 4.79 Å². The average molecular weight is 281 g/mol. The summed E-state index contributed by atoms with van der Waals surface area (Å²) in [6, 6.07) is 14.1. The summed E-state index contributed by atoms with van der Waals surface area (Å²) in [7, 11) is 0. The number of benzene rings is 1. The number of anilines is 2. The highest BCUT2D eigenvalue weighted by Crippen LogP contribution is 2.37. The van der Waals surface area contributed by atoms with Crippen molar-refractivity contribution >= 4 is 17.3 Å². The van der Waals surface area contributed by atoms with Gasteiger partial charge in [-0.3, -0.25) is 9.78 Å². The molecule has 0 bridgehead atoms. The van der Waals surface area contributed by atoms with Gasteiger partial charge in [0.25, 0.3) is 0 Å². The summed E-state index contributed by atoms with van der Waals surface area (Å²) in [6.45, 7) is 4.46. The van der Waals surface area contributed by atoms with Crippen LogP contribution in [0.2, 0.25) is 0 Å². The lowest BCUT2D eigenvalue weighted by Crippen LogP contribution is -2.42. The highest BCUT2D eigenvalue weighted by Gasteiger charge is 2.33. The Bertz CT molecular complexity index is 641. The minimum absolute atomic E-state index is 0.0641. The van der Waals surface area contributed by atoms with E-state index < -0.39 is 0 Å².